The van der Waals surface area contributed by atoms with Crippen LogP contribution in [-0.2, 0) is 17.9 Å². The van der Waals surface area contributed by atoms with Crippen molar-refractivity contribution in [1.82, 2.24) is 24.3 Å². The highest BCUT2D eigenvalue weighted by atomic mass is 32.1. The number of amides is 1. The third-order valence-electron chi connectivity index (χ3n) is 6.71. The third-order valence-corrected chi connectivity index (χ3v) is 7.53. The van der Waals surface area contributed by atoms with Crippen molar-refractivity contribution in [3.63, 3.8) is 0 Å². The van der Waals surface area contributed by atoms with Crippen molar-refractivity contribution >= 4 is 17.2 Å². The number of aromatic nitrogens is 3. The molecule has 3 aromatic rings. The van der Waals surface area contributed by atoms with Gasteiger partial charge >= 0.3 is 0 Å². The molecule has 0 radical (unpaired) electrons. The summed E-state index contributed by atoms with van der Waals surface area (Å²) in [7, 11) is 0. The smallest absolute Gasteiger partial charge is 0.231 e. The van der Waals surface area contributed by atoms with Crippen LogP contribution in [0.15, 0.2) is 40.7 Å². The topological polar surface area (TPSA) is 67.4 Å². The van der Waals surface area contributed by atoms with Gasteiger partial charge in [-0.3, -0.25) is 9.69 Å². The molecule has 5 rings (SSSR count). The molecule has 2 saturated heterocycles. The normalized spacial score (nSPS) is 24.3. The zero-order valence-corrected chi connectivity index (χ0v) is 19.1. The second kappa shape index (κ2) is 7.91. The van der Waals surface area contributed by atoms with Gasteiger partial charge in [0.2, 0.25) is 5.91 Å². The van der Waals surface area contributed by atoms with Crippen LogP contribution in [0.4, 0.5) is 0 Å². The zero-order chi connectivity index (χ0) is 21.6. The zero-order valence-electron chi connectivity index (χ0n) is 18.3. The Hall–Kier alpha value is -2.45. The van der Waals surface area contributed by atoms with Gasteiger partial charge < -0.3 is 13.9 Å². The summed E-state index contributed by atoms with van der Waals surface area (Å²) in [5.41, 5.74) is 1.57. The van der Waals surface area contributed by atoms with Gasteiger partial charge in [0, 0.05) is 43.2 Å². The maximum absolute atomic E-state index is 13.8. The Bertz CT molecular complexity index is 1060. The molecular weight excluding hydrogens is 410 g/mol. The molecule has 1 amide bonds. The molecule has 1 spiro atoms. The minimum absolute atomic E-state index is 0.0807. The van der Waals surface area contributed by atoms with E-state index in [1.807, 2.05) is 30.3 Å². The summed E-state index contributed by atoms with van der Waals surface area (Å²) >= 11 is 1.64. The fourth-order valence-corrected chi connectivity index (χ4v) is 5.70. The van der Waals surface area contributed by atoms with Gasteiger partial charge in [0.15, 0.2) is 0 Å². The van der Waals surface area contributed by atoms with Crippen LogP contribution in [0.25, 0.3) is 0 Å². The summed E-state index contributed by atoms with van der Waals surface area (Å²) in [5, 5.41) is 3.10. The van der Waals surface area contributed by atoms with Gasteiger partial charge in [-0.2, -0.15) is 0 Å². The second-order valence-electron chi connectivity index (χ2n) is 9.13. The van der Waals surface area contributed by atoms with Gasteiger partial charge in [-0.25, -0.2) is 9.97 Å². The van der Waals surface area contributed by atoms with Crippen LogP contribution in [0, 0.1) is 12.3 Å². The summed E-state index contributed by atoms with van der Waals surface area (Å²) in [6, 6.07) is 4.27. The Kier molecular flexibility index (Phi) is 5.22. The molecular formula is C23H29N5O2S. The highest BCUT2D eigenvalue weighted by Crippen LogP contribution is 2.50. The largest absolute Gasteiger partial charge is 0.468 e. The van der Waals surface area contributed by atoms with E-state index in [9.17, 15) is 4.79 Å². The minimum Gasteiger partial charge on any atom is -0.468 e. The Balaban J connectivity index is 1.43. The maximum atomic E-state index is 13.8. The molecule has 2 fully saturated rings. The van der Waals surface area contributed by atoms with E-state index >= 15 is 0 Å². The van der Waals surface area contributed by atoms with Crippen LogP contribution in [0.3, 0.4) is 0 Å². The van der Waals surface area contributed by atoms with Crippen molar-refractivity contribution < 1.29 is 9.21 Å². The molecule has 0 unspecified atom stereocenters. The maximum Gasteiger partial charge on any atom is 0.231 e. The van der Waals surface area contributed by atoms with Gasteiger partial charge in [-0.15, -0.1) is 11.3 Å². The van der Waals surface area contributed by atoms with Gasteiger partial charge in [-0.1, -0.05) is 0 Å². The highest BCUT2D eigenvalue weighted by Gasteiger charge is 2.57. The molecule has 2 aliphatic rings. The van der Waals surface area contributed by atoms with Crippen LogP contribution in [0.5, 0.6) is 0 Å². The lowest BCUT2D eigenvalue weighted by Gasteiger charge is -2.28. The molecule has 0 aliphatic carbocycles. The predicted molar refractivity (Wildman–Crippen MR) is 119 cm³/mol. The molecule has 5 heterocycles. The van der Waals surface area contributed by atoms with Crippen LogP contribution in [0.2, 0.25) is 0 Å². The fraction of sp³-hybridized carbons (Fsp3) is 0.522. The van der Waals surface area contributed by atoms with Gasteiger partial charge in [0.05, 0.1) is 47.5 Å². The number of carbonyl (C=O) groups excluding carboxylic acids is 1. The lowest BCUT2D eigenvalue weighted by molar-refractivity contribution is -0.136. The number of hydrogen-bond acceptors (Lipinski definition) is 6. The van der Waals surface area contributed by atoms with Crippen molar-refractivity contribution in [2.45, 2.75) is 52.2 Å². The molecule has 31 heavy (non-hydrogen) atoms. The Labute approximate surface area is 186 Å². The minimum atomic E-state index is -0.437. The van der Waals surface area contributed by atoms with Crippen molar-refractivity contribution in [1.29, 1.82) is 0 Å². The van der Waals surface area contributed by atoms with E-state index in [1.165, 1.54) is 0 Å². The van der Waals surface area contributed by atoms with Crippen LogP contribution in [0.1, 0.15) is 54.4 Å². The first-order chi connectivity index (χ1) is 14.9. The van der Waals surface area contributed by atoms with Crippen molar-refractivity contribution in [2.75, 3.05) is 19.6 Å². The van der Waals surface area contributed by atoms with Crippen molar-refractivity contribution in [3.8, 4) is 0 Å². The third kappa shape index (κ3) is 3.72. The van der Waals surface area contributed by atoms with E-state index in [-0.39, 0.29) is 11.8 Å². The van der Waals surface area contributed by atoms with Crippen LogP contribution < -0.4 is 0 Å². The second-order valence-corrected chi connectivity index (χ2v) is 10.2. The number of aryl methyl sites for hydroxylation is 1. The SMILES string of the molecule is Cc1nc(CN2CC[C@@]3(CN(Cc4ccco4)C[C@@H]3c3cn(C(C)C)cn3)C2=O)cs1. The number of rotatable bonds is 6. The number of thiazole rings is 1. The van der Waals surface area contributed by atoms with E-state index in [0.29, 0.717) is 19.1 Å². The summed E-state index contributed by atoms with van der Waals surface area (Å²) in [4.78, 5) is 27.5. The number of likely N-dealkylation sites (tertiary alicyclic amines) is 2. The first kappa shape index (κ1) is 20.5. The van der Waals surface area contributed by atoms with Gasteiger partial charge in [0.1, 0.15) is 5.76 Å². The summed E-state index contributed by atoms with van der Waals surface area (Å²) < 4.78 is 7.72. The standard InChI is InChI=1S/C23H29N5O2S/c1-16(2)28-12-21(24-15-28)20-11-26(10-19-5-4-8-30-19)14-23(20)6-7-27(22(23)29)9-18-13-31-17(3)25-18/h4-5,8,12-13,15-16,20H,6-7,9-11,14H2,1-3H3/t20-,23+/m1/s1. The monoisotopic (exact) mass is 439 g/mol. The highest BCUT2D eigenvalue weighted by molar-refractivity contribution is 7.09. The number of hydrogen-bond donors (Lipinski definition) is 0. The van der Waals surface area contributed by atoms with E-state index in [4.69, 9.17) is 9.40 Å². The fourth-order valence-electron chi connectivity index (χ4n) is 5.10. The molecule has 7 nitrogen and oxygen atoms in total. The number of imidazole rings is 1. The first-order valence-corrected chi connectivity index (χ1v) is 11.8. The van der Waals surface area contributed by atoms with E-state index in [1.54, 1.807) is 17.6 Å². The Morgan fingerprint density at radius 3 is 2.90 bits per heavy atom. The molecule has 2 aliphatic heterocycles. The molecule has 8 heteroatoms. The van der Waals surface area contributed by atoms with Gasteiger partial charge in [0.25, 0.3) is 0 Å². The molecule has 0 N–H and O–H groups in total. The lowest BCUT2D eigenvalue weighted by atomic mass is 9.75. The summed E-state index contributed by atoms with van der Waals surface area (Å²) in [6.07, 6.45) is 6.59. The Morgan fingerprint density at radius 1 is 1.35 bits per heavy atom. The van der Waals surface area contributed by atoms with Crippen molar-refractivity contribution in [3.05, 3.63) is 58.5 Å². The molecule has 0 aromatic carbocycles. The molecule has 3 aromatic heterocycles. The molecule has 164 valence electrons. The van der Waals surface area contributed by atoms with E-state index < -0.39 is 5.41 Å². The summed E-state index contributed by atoms with van der Waals surface area (Å²) in [6.45, 7) is 9.93. The average Bonchev–Trinajstić information content (AvgIpc) is 3.53. The number of carbonyl (C=O) groups is 1. The number of furan rings is 1. The van der Waals surface area contributed by atoms with E-state index in [2.05, 4.69) is 39.9 Å². The summed E-state index contributed by atoms with van der Waals surface area (Å²) in [5.74, 6) is 1.25. The van der Waals surface area contributed by atoms with E-state index in [0.717, 1.165) is 48.2 Å². The first-order valence-electron chi connectivity index (χ1n) is 10.9. The Morgan fingerprint density at radius 2 is 2.23 bits per heavy atom. The van der Waals surface area contributed by atoms with Crippen LogP contribution in [-0.4, -0.2) is 49.9 Å². The lowest BCUT2D eigenvalue weighted by Crippen LogP contribution is -2.39. The quantitative estimate of drug-likeness (QED) is 0.584. The number of nitrogens with zero attached hydrogens (tertiary/aromatic N) is 5. The van der Waals surface area contributed by atoms with Crippen LogP contribution >= 0.6 is 11.3 Å². The molecule has 2 atom stereocenters. The average molecular weight is 440 g/mol. The molecule has 0 saturated carbocycles. The van der Waals surface area contributed by atoms with Crippen molar-refractivity contribution in [2.24, 2.45) is 5.41 Å². The molecule has 0 bridgehead atoms. The predicted octanol–water partition coefficient (Wildman–Crippen LogP) is 3.84. The van der Waals surface area contributed by atoms with Gasteiger partial charge in [-0.05, 0) is 39.3 Å².